The van der Waals surface area contributed by atoms with Gasteiger partial charge in [-0.1, -0.05) is 13.3 Å². The molecular formula is C15H28N2. The van der Waals surface area contributed by atoms with E-state index >= 15 is 0 Å². The third-order valence-electron chi connectivity index (χ3n) is 4.38. The zero-order chi connectivity index (χ0) is 12.7. The van der Waals surface area contributed by atoms with Gasteiger partial charge in [0.1, 0.15) is 0 Å². The Morgan fingerprint density at radius 1 is 1.29 bits per heavy atom. The maximum atomic E-state index is 3.48. The number of rotatable bonds is 5. The molecule has 0 aromatic rings. The predicted molar refractivity (Wildman–Crippen MR) is 75.0 cm³/mol. The number of nitrogens with zero attached hydrogens (tertiary/aromatic N) is 1. The molecule has 1 heterocycles. The SMILES string of the molecule is CC#CCC(NC)C(C)(CC)N1CCCCC1. The fraction of sp³-hybridized carbons (Fsp3) is 0.867. The van der Waals surface area contributed by atoms with Crippen LogP contribution in [0.25, 0.3) is 0 Å². The summed E-state index contributed by atoms with van der Waals surface area (Å²) < 4.78 is 0. The topological polar surface area (TPSA) is 15.3 Å². The monoisotopic (exact) mass is 236 g/mol. The molecule has 0 spiro atoms. The molecule has 2 atom stereocenters. The zero-order valence-corrected chi connectivity index (χ0v) is 12.0. The van der Waals surface area contributed by atoms with Crippen LogP contribution in [0.1, 0.15) is 52.9 Å². The highest BCUT2D eigenvalue weighted by atomic mass is 15.2. The highest BCUT2D eigenvalue weighted by Crippen LogP contribution is 2.28. The van der Waals surface area contributed by atoms with Crippen LogP contribution >= 0.6 is 0 Å². The molecule has 1 aliphatic rings. The molecule has 2 heteroatoms. The summed E-state index contributed by atoms with van der Waals surface area (Å²) in [4.78, 5) is 2.68. The second-order valence-electron chi connectivity index (χ2n) is 5.23. The van der Waals surface area contributed by atoms with Gasteiger partial charge in [0.25, 0.3) is 0 Å². The standard InChI is InChI=1S/C15H28N2/c1-5-7-11-14(16-4)15(3,6-2)17-12-9-8-10-13-17/h14,16H,6,8-13H2,1-4H3. The highest BCUT2D eigenvalue weighted by molar-refractivity contribution is 5.05. The summed E-state index contributed by atoms with van der Waals surface area (Å²) in [5, 5.41) is 3.48. The van der Waals surface area contributed by atoms with Crippen LogP contribution in [0.4, 0.5) is 0 Å². The van der Waals surface area contributed by atoms with E-state index in [9.17, 15) is 0 Å². The molecule has 2 nitrogen and oxygen atoms in total. The molecule has 0 saturated carbocycles. The smallest absolute Gasteiger partial charge is 0.0356 e. The molecule has 1 aliphatic heterocycles. The summed E-state index contributed by atoms with van der Waals surface area (Å²) in [7, 11) is 2.07. The van der Waals surface area contributed by atoms with Crippen molar-refractivity contribution in [2.45, 2.75) is 64.5 Å². The van der Waals surface area contributed by atoms with Gasteiger partial charge in [0.2, 0.25) is 0 Å². The van der Waals surface area contributed by atoms with E-state index in [1.807, 2.05) is 6.92 Å². The third kappa shape index (κ3) is 3.47. The largest absolute Gasteiger partial charge is 0.314 e. The van der Waals surface area contributed by atoms with Crippen LogP contribution in [-0.2, 0) is 0 Å². The molecule has 0 aromatic carbocycles. The molecule has 1 saturated heterocycles. The normalized spacial score (nSPS) is 22.4. The first-order valence-corrected chi connectivity index (χ1v) is 7.01. The summed E-state index contributed by atoms with van der Waals surface area (Å²) in [6, 6.07) is 0.470. The van der Waals surface area contributed by atoms with E-state index in [0.717, 1.165) is 6.42 Å². The molecule has 0 aromatic heterocycles. The fourth-order valence-electron chi connectivity index (χ4n) is 2.93. The van der Waals surface area contributed by atoms with E-state index in [-0.39, 0.29) is 5.54 Å². The van der Waals surface area contributed by atoms with Crippen molar-refractivity contribution in [2.24, 2.45) is 0 Å². The molecule has 1 N–H and O–H groups in total. The minimum Gasteiger partial charge on any atom is -0.314 e. The first-order valence-electron chi connectivity index (χ1n) is 7.01. The lowest BCUT2D eigenvalue weighted by atomic mass is 9.84. The van der Waals surface area contributed by atoms with Gasteiger partial charge in [0, 0.05) is 18.0 Å². The third-order valence-corrected chi connectivity index (χ3v) is 4.38. The molecular weight excluding hydrogens is 208 g/mol. The zero-order valence-electron chi connectivity index (χ0n) is 12.0. The number of nitrogens with one attached hydrogen (secondary N) is 1. The van der Waals surface area contributed by atoms with E-state index in [4.69, 9.17) is 0 Å². The van der Waals surface area contributed by atoms with Crippen molar-refractivity contribution in [2.75, 3.05) is 20.1 Å². The van der Waals surface area contributed by atoms with Crippen LogP contribution in [0.15, 0.2) is 0 Å². The summed E-state index contributed by atoms with van der Waals surface area (Å²) in [5.41, 5.74) is 0.249. The van der Waals surface area contributed by atoms with E-state index in [1.165, 1.54) is 38.8 Å². The van der Waals surface area contributed by atoms with Crippen molar-refractivity contribution in [1.82, 2.24) is 10.2 Å². The Kier molecular flexibility index (Phi) is 6.02. The van der Waals surface area contributed by atoms with Crippen LogP contribution in [0.3, 0.4) is 0 Å². The minimum absolute atomic E-state index is 0.249. The van der Waals surface area contributed by atoms with Crippen LogP contribution in [-0.4, -0.2) is 36.6 Å². The Labute approximate surface area is 107 Å². The lowest BCUT2D eigenvalue weighted by Gasteiger charge is -2.47. The Balaban J connectivity index is 2.77. The van der Waals surface area contributed by atoms with Gasteiger partial charge in [-0.3, -0.25) is 4.90 Å². The van der Waals surface area contributed by atoms with Crippen molar-refractivity contribution in [3.05, 3.63) is 0 Å². The molecule has 0 amide bonds. The highest BCUT2D eigenvalue weighted by Gasteiger charge is 2.37. The first kappa shape index (κ1) is 14.5. The van der Waals surface area contributed by atoms with Crippen molar-refractivity contribution in [1.29, 1.82) is 0 Å². The lowest BCUT2D eigenvalue weighted by Crippen LogP contribution is -2.59. The first-order chi connectivity index (χ1) is 8.19. The second kappa shape index (κ2) is 7.03. The van der Waals surface area contributed by atoms with Crippen LogP contribution in [0.5, 0.6) is 0 Å². The predicted octanol–water partition coefficient (Wildman–Crippen LogP) is 2.64. The van der Waals surface area contributed by atoms with E-state index in [0.29, 0.717) is 6.04 Å². The van der Waals surface area contributed by atoms with Crippen LogP contribution in [0, 0.1) is 11.8 Å². The van der Waals surface area contributed by atoms with Crippen molar-refractivity contribution < 1.29 is 0 Å². The molecule has 1 fully saturated rings. The molecule has 1 rings (SSSR count). The lowest BCUT2D eigenvalue weighted by molar-refractivity contribution is 0.0467. The fourth-order valence-corrected chi connectivity index (χ4v) is 2.93. The van der Waals surface area contributed by atoms with Crippen LogP contribution < -0.4 is 5.32 Å². The number of likely N-dealkylation sites (tertiary alicyclic amines) is 1. The molecule has 2 unspecified atom stereocenters. The minimum atomic E-state index is 0.249. The molecule has 98 valence electrons. The average Bonchev–Trinajstić information content (AvgIpc) is 2.40. The Morgan fingerprint density at radius 2 is 1.94 bits per heavy atom. The van der Waals surface area contributed by atoms with Crippen molar-refractivity contribution in [3.8, 4) is 11.8 Å². The number of likely N-dealkylation sites (N-methyl/N-ethyl adjacent to an activating group) is 1. The van der Waals surface area contributed by atoms with Gasteiger partial charge in [-0.05, 0) is 53.2 Å². The van der Waals surface area contributed by atoms with Gasteiger partial charge in [-0.15, -0.1) is 11.8 Å². The summed E-state index contributed by atoms with van der Waals surface area (Å²) in [6.07, 6.45) is 6.24. The van der Waals surface area contributed by atoms with E-state index in [2.05, 4.69) is 43.0 Å². The van der Waals surface area contributed by atoms with E-state index in [1.54, 1.807) is 0 Å². The van der Waals surface area contributed by atoms with E-state index < -0.39 is 0 Å². The molecule has 0 radical (unpaired) electrons. The second-order valence-corrected chi connectivity index (χ2v) is 5.23. The number of hydrogen-bond acceptors (Lipinski definition) is 2. The Hall–Kier alpha value is -0.520. The summed E-state index contributed by atoms with van der Waals surface area (Å²) in [5.74, 6) is 6.26. The summed E-state index contributed by atoms with van der Waals surface area (Å²) in [6.45, 7) is 9.14. The maximum Gasteiger partial charge on any atom is 0.0356 e. The number of piperidine rings is 1. The maximum absolute atomic E-state index is 3.48. The van der Waals surface area contributed by atoms with Gasteiger partial charge >= 0.3 is 0 Å². The average molecular weight is 236 g/mol. The Morgan fingerprint density at radius 3 is 2.41 bits per heavy atom. The summed E-state index contributed by atoms with van der Waals surface area (Å²) >= 11 is 0. The van der Waals surface area contributed by atoms with Gasteiger partial charge in [0.05, 0.1) is 0 Å². The van der Waals surface area contributed by atoms with Crippen molar-refractivity contribution >= 4 is 0 Å². The molecule has 0 aliphatic carbocycles. The van der Waals surface area contributed by atoms with Gasteiger partial charge in [-0.25, -0.2) is 0 Å². The Bertz CT molecular complexity index is 270. The van der Waals surface area contributed by atoms with Crippen LogP contribution in [0.2, 0.25) is 0 Å². The molecule has 17 heavy (non-hydrogen) atoms. The molecule has 0 bridgehead atoms. The number of hydrogen-bond donors (Lipinski definition) is 1. The van der Waals surface area contributed by atoms with Gasteiger partial charge in [-0.2, -0.15) is 0 Å². The quantitative estimate of drug-likeness (QED) is 0.738. The van der Waals surface area contributed by atoms with Gasteiger partial charge < -0.3 is 5.32 Å². The van der Waals surface area contributed by atoms with Gasteiger partial charge in [0.15, 0.2) is 0 Å². The van der Waals surface area contributed by atoms with Crippen molar-refractivity contribution in [3.63, 3.8) is 0 Å².